The summed E-state index contributed by atoms with van der Waals surface area (Å²) in [6.07, 6.45) is 8.01. The Labute approximate surface area is 227 Å². The van der Waals surface area contributed by atoms with E-state index in [2.05, 4.69) is 25.3 Å². The summed E-state index contributed by atoms with van der Waals surface area (Å²) < 4.78 is 28.5. The predicted octanol–water partition coefficient (Wildman–Crippen LogP) is 4.83. The number of hydrogen-bond acceptors (Lipinski definition) is 8. The third-order valence-electron chi connectivity index (χ3n) is 6.47. The first-order valence-corrected chi connectivity index (χ1v) is 15.0. The zero-order chi connectivity index (χ0) is 26.4. The normalized spacial score (nSPS) is 14.0. The smallest absolute Gasteiger partial charge is 0.261 e. The highest BCUT2D eigenvalue weighted by molar-refractivity contribution is 7.92. The molecule has 0 saturated heterocycles. The number of anilines is 3. The van der Waals surface area contributed by atoms with E-state index in [1.807, 2.05) is 18.2 Å². The molecule has 0 amide bonds. The van der Waals surface area contributed by atoms with Gasteiger partial charge in [-0.15, -0.1) is 11.3 Å². The molecule has 1 aliphatic rings. The monoisotopic (exact) mass is 549 g/mol. The molecular formula is C28H31N5O3S2. The van der Waals surface area contributed by atoms with Crippen molar-refractivity contribution < 1.29 is 13.5 Å². The molecule has 10 heteroatoms. The van der Waals surface area contributed by atoms with Crippen molar-refractivity contribution in [3.63, 3.8) is 0 Å². The highest BCUT2D eigenvalue weighted by atomic mass is 32.2. The first-order valence-electron chi connectivity index (χ1n) is 12.7. The number of aliphatic hydroxyl groups is 1. The van der Waals surface area contributed by atoms with E-state index in [0.29, 0.717) is 18.8 Å². The minimum atomic E-state index is -3.71. The largest absolute Gasteiger partial charge is 0.387 e. The van der Waals surface area contributed by atoms with Crippen molar-refractivity contribution in [2.75, 3.05) is 23.1 Å². The molecule has 198 valence electrons. The first-order chi connectivity index (χ1) is 18.5. The number of nitrogens with zero attached hydrogens (tertiary/aromatic N) is 2. The highest BCUT2D eigenvalue weighted by Crippen LogP contribution is 2.31. The van der Waals surface area contributed by atoms with Crippen LogP contribution in [0.1, 0.15) is 40.6 Å². The third-order valence-corrected chi connectivity index (χ3v) is 8.94. The van der Waals surface area contributed by atoms with Gasteiger partial charge in [0.25, 0.3) is 10.0 Å². The average Bonchev–Trinajstić information content (AvgIpc) is 3.35. The lowest BCUT2D eigenvalue weighted by Crippen LogP contribution is -2.23. The molecule has 0 aliphatic heterocycles. The molecule has 38 heavy (non-hydrogen) atoms. The number of nitrogens with one attached hydrogen (secondary N) is 3. The Morgan fingerprint density at radius 2 is 1.74 bits per heavy atom. The Kier molecular flexibility index (Phi) is 8.33. The number of rotatable bonds is 11. The van der Waals surface area contributed by atoms with Gasteiger partial charge in [-0.3, -0.25) is 9.71 Å². The quantitative estimate of drug-likeness (QED) is 0.198. The van der Waals surface area contributed by atoms with E-state index in [-0.39, 0.29) is 4.90 Å². The minimum Gasteiger partial charge on any atom is -0.387 e. The van der Waals surface area contributed by atoms with E-state index < -0.39 is 16.1 Å². The third kappa shape index (κ3) is 6.76. The number of benzene rings is 2. The maximum absolute atomic E-state index is 12.9. The van der Waals surface area contributed by atoms with E-state index >= 15 is 0 Å². The van der Waals surface area contributed by atoms with Gasteiger partial charge in [0.05, 0.1) is 16.7 Å². The standard InChI is InChI=1S/C28H31N5O3S2/c34-26(21-4-3-16-29-18-21)19-30-17-15-20-7-9-23(10-8-20)33-38(35,36)24-13-11-22(12-14-24)31-28-32-25-5-1-2-6-27(25)37-28/h3-4,7-14,16,18,26,30,33-34H,1-2,5-6,15,17,19H2,(H,31,32). The lowest BCUT2D eigenvalue weighted by molar-refractivity contribution is 0.174. The van der Waals surface area contributed by atoms with Crippen LogP contribution in [0.5, 0.6) is 0 Å². The molecule has 1 atom stereocenters. The number of sulfonamides is 1. The average molecular weight is 550 g/mol. The summed E-state index contributed by atoms with van der Waals surface area (Å²) in [6.45, 7) is 1.12. The van der Waals surface area contributed by atoms with Crippen molar-refractivity contribution in [3.8, 4) is 0 Å². The molecule has 0 spiro atoms. The predicted molar refractivity (Wildman–Crippen MR) is 152 cm³/mol. The van der Waals surface area contributed by atoms with Crippen LogP contribution >= 0.6 is 11.3 Å². The minimum absolute atomic E-state index is 0.196. The van der Waals surface area contributed by atoms with Crippen LogP contribution in [-0.2, 0) is 29.3 Å². The second-order valence-corrected chi connectivity index (χ2v) is 12.1. The summed E-state index contributed by atoms with van der Waals surface area (Å²) >= 11 is 1.68. The van der Waals surface area contributed by atoms with Gasteiger partial charge >= 0.3 is 0 Å². The van der Waals surface area contributed by atoms with Gasteiger partial charge in [-0.05, 0) is 86.7 Å². The summed E-state index contributed by atoms with van der Waals surface area (Å²) in [6, 6.07) is 17.7. The molecule has 1 aliphatic carbocycles. The van der Waals surface area contributed by atoms with Gasteiger partial charge in [0.15, 0.2) is 5.13 Å². The summed E-state index contributed by atoms with van der Waals surface area (Å²) in [5, 5.41) is 17.6. The van der Waals surface area contributed by atoms with E-state index in [4.69, 9.17) is 0 Å². The topological polar surface area (TPSA) is 116 Å². The zero-order valence-electron chi connectivity index (χ0n) is 20.9. The summed E-state index contributed by atoms with van der Waals surface area (Å²) in [4.78, 5) is 10.3. The van der Waals surface area contributed by atoms with Crippen molar-refractivity contribution >= 4 is 37.9 Å². The fourth-order valence-electron chi connectivity index (χ4n) is 4.36. The van der Waals surface area contributed by atoms with Crippen LogP contribution in [0.15, 0.2) is 78.0 Å². The Balaban J connectivity index is 1.11. The van der Waals surface area contributed by atoms with Gasteiger partial charge in [0.2, 0.25) is 0 Å². The lowest BCUT2D eigenvalue weighted by atomic mass is 10.0. The summed E-state index contributed by atoms with van der Waals surface area (Å²) in [7, 11) is -3.71. The van der Waals surface area contributed by atoms with Gasteiger partial charge in [-0.25, -0.2) is 13.4 Å². The van der Waals surface area contributed by atoms with Gasteiger partial charge < -0.3 is 15.7 Å². The Morgan fingerprint density at radius 3 is 2.47 bits per heavy atom. The summed E-state index contributed by atoms with van der Waals surface area (Å²) in [5.74, 6) is 0. The van der Waals surface area contributed by atoms with E-state index in [0.717, 1.165) is 41.2 Å². The van der Waals surface area contributed by atoms with Crippen LogP contribution in [0.3, 0.4) is 0 Å². The molecule has 5 rings (SSSR count). The fraction of sp³-hybridized carbons (Fsp3) is 0.286. The second kappa shape index (κ2) is 12.0. The van der Waals surface area contributed by atoms with Crippen molar-refractivity contribution in [2.24, 2.45) is 0 Å². The molecule has 0 saturated carbocycles. The number of aryl methyl sites for hydroxylation is 2. The molecule has 0 radical (unpaired) electrons. The number of hydrogen-bond donors (Lipinski definition) is 4. The second-order valence-electron chi connectivity index (χ2n) is 9.30. The van der Waals surface area contributed by atoms with Gasteiger partial charge in [-0.1, -0.05) is 18.2 Å². The van der Waals surface area contributed by atoms with Crippen LogP contribution in [0, 0.1) is 0 Å². The maximum Gasteiger partial charge on any atom is 0.261 e. The van der Waals surface area contributed by atoms with Crippen molar-refractivity contribution in [1.82, 2.24) is 15.3 Å². The Hall–Kier alpha value is -3.31. The van der Waals surface area contributed by atoms with Crippen LogP contribution in [0.4, 0.5) is 16.5 Å². The van der Waals surface area contributed by atoms with Crippen LogP contribution in [-0.4, -0.2) is 36.6 Å². The number of fused-ring (bicyclic) bond motifs is 1. The number of thiazole rings is 1. The molecule has 2 heterocycles. The molecule has 0 fully saturated rings. The number of pyridine rings is 1. The first kappa shape index (κ1) is 26.3. The molecule has 8 nitrogen and oxygen atoms in total. The van der Waals surface area contributed by atoms with Gasteiger partial charge in [-0.2, -0.15) is 0 Å². The molecule has 1 unspecified atom stereocenters. The van der Waals surface area contributed by atoms with E-state index in [1.54, 1.807) is 66.2 Å². The molecule has 0 bridgehead atoms. The maximum atomic E-state index is 12.9. The molecule has 4 aromatic rings. The molecule has 4 N–H and O–H groups in total. The molecular weight excluding hydrogens is 518 g/mol. The zero-order valence-corrected chi connectivity index (χ0v) is 22.6. The van der Waals surface area contributed by atoms with E-state index in [1.165, 1.54) is 23.4 Å². The Morgan fingerprint density at radius 1 is 0.974 bits per heavy atom. The van der Waals surface area contributed by atoms with Gasteiger partial charge in [0.1, 0.15) is 0 Å². The van der Waals surface area contributed by atoms with Gasteiger partial charge in [0, 0.05) is 40.8 Å². The van der Waals surface area contributed by atoms with Crippen molar-refractivity contribution in [2.45, 2.75) is 43.1 Å². The molecule has 2 aromatic heterocycles. The molecule has 2 aromatic carbocycles. The van der Waals surface area contributed by atoms with Crippen LogP contribution in [0.25, 0.3) is 0 Å². The van der Waals surface area contributed by atoms with Crippen LogP contribution in [0.2, 0.25) is 0 Å². The van der Waals surface area contributed by atoms with Crippen molar-refractivity contribution in [1.29, 1.82) is 0 Å². The van der Waals surface area contributed by atoms with Crippen LogP contribution < -0.4 is 15.4 Å². The fourth-order valence-corrected chi connectivity index (χ4v) is 6.49. The number of aromatic nitrogens is 2. The lowest BCUT2D eigenvalue weighted by Gasteiger charge is -2.12. The van der Waals surface area contributed by atoms with Crippen molar-refractivity contribution in [3.05, 3.63) is 94.8 Å². The number of aliphatic hydroxyl groups excluding tert-OH is 1. The highest BCUT2D eigenvalue weighted by Gasteiger charge is 2.17. The summed E-state index contributed by atoms with van der Waals surface area (Å²) in [5.41, 5.74) is 4.34. The van der Waals surface area contributed by atoms with E-state index in [9.17, 15) is 13.5 Å². The SMILES string of the molecule is O=S(=O)(Nc1ccc(CCNCC(O)c2cccnc2)cc1)c1ccc(Nc2nc3c(s2)CCCC3)cc1. The Bertz CT molecular complexity index is 1420.